The van der Waals surface area contributed by atoms with Crippen molar-refractivity contribution in [2.75, 3.05) is 44.7 Å². The van der Waals surface area contributed by atoms with Gasteiger partial charge >= 0.3 is 12.3 Å². The Labute approximate surface area is 264 Å². The predicted octanol–water partition coefficient (Wildman–Crippen LogP) is 5.06. The molecule has 5 rings (SSSR count). The number of pyridine rings is 2. The van der Waals surface area contributed by atoms with E-state index in [2.05, 4.69) is 20.2 Å². The highest BCUT2D eigenvalue weighted by Gasteiger charge is 2.40. The van der Waals surface area contributed by atoms with Crippen molar-refractivity contribution in [1.29, 1.82) is 5.26 Å². The molecule has 0 unspecified atom stereocenters. The Kier molecular flexibility index (Phi) is 11.0. The summed E-state index contributed by atoms with van der Waals surface area (Å²) in [4.78, 5) is 34.5. The zero-order valence-corrected chi connectivity index (χ0v) is 25.5. The maximum Gasteiger partial charge on any atom is 0.416 e. The topological polar surface area (TPSA) is 141 Å². The van der Waals surface area contributed by atoms with Crippen LogP contribution in [-0.4, -0.2) is 78.5 Å². The van der Waals surface area contributed by atoms with E-state index >= 15 is 0 Å². The molecule has 1 amide bonds. The Morgan fingerprint density at radius 1 is 1.20 bits per heavy atom. The highest BCUT2D eigenvalue weighted by molar-refractivity contribution is 5.70. The monoisotopic (exact) mass is 640 g/mol. The van der Waals surface area contributed by atoms with E-state index in [0.717, 1.165) is 36.2 Å². The van der Waals surface area contributed by atoms with Crippen molar-refractivity contribution in [3.8, 4) is 23.2 Å². The lowest BCUT2D eigenvalue weighted by Crippen LogP contribution is -2.54. The van der Waals surface area contributed by atoms with Gasteiger partial charge in [-0.2, -0.15) is 18.4 Å². The molecular weight excluding hydrogens is 605 g/mol. The van der Waals surface area contributed by atoms with Crippen molar-refractivity contribution < 1.29 is 37.3 Å². The minimum Gasteiger partial charge on any atom is -0.483 e. The standard InChI is InChI=1S/C31H33F3N6O3.CH2O2/c1-3-42-28-25(5-4-13-36-28)26-8-6-23(19-37-26)30(38-29(41)43-24-10-14-39(2)20-24)11-15-40(16-12-30)27-9-7-22(31(32,33)34)17-21(27)18-35;2-1-3/h4-9,13,17,19,24H,3,10-12,14-16,20H2,1-2H3,(H,38,41);1H,(H,2,3)/t24-;/m0./s1. The largest absolute Gasteiger partial charge is 0.483 e. The van der Waals surface area contributed by atoms with Crippen LogP contribution in [0.2, 0.25) is 0 Å². The van der Waals surface area contributed by atoms with Crippen LogP contribution in [0.1, 0.15) is 42.9 Å². The third kappa shape index (κ3) is 8.02. The summed E-state index contributed by atoms with van der Waals surface area (Å²) in [6, 6.07) is 12.6. The lowest BCUT2D eigenvalue weighted by Gasteiger charge is -2.43. The first-order valence-corrected chi connectivity index (χ1v) is 14.7. The van der Waals surface area contributed by atoms with E-state index in [0.29, 0.717) is 56.3 Å². The normalized spacial score (nSPS) is 17.7. The van der Waals surface area contributed by atoms with Crippen molar-refractivity contribution in [2.24, 2.45) is 0 Å². The number of carboxylic acid groups (broad SMARTS) is 1. The van der Waals surface area contributed by atoms with E-state index < -0.39 is 23.4 Å². The van der Waals surface area contributed by atoms with Crippen molar-refractivity contribution >= 4 is 18.3 Å². The van der Waals surface area contributed by atoms with E-state index in [4.69, 9.17) is 19.4 Å². The van der Waals surface area contributed by atoms with Crippen LogP contribution in [0.5, 0.6) is 5.88 Å². The van der Waals surface area contributed by atoms with Crippen LogP contribution < -0.4 is 15.0 Å². The van der Waals surface area contributed by atoms with Gasteiger partial charge in [0.25, 0.3) is 6.47 Å². The van der Waals surface area contributed by atoms with Gasteiger partial charge in [0.05, 0.1) is 40.2 Å². The van der Waals surface area contributed by atoms with Gasteiger partial charge in [-0.25, -0.2) is 9.78 Å². The molecule has 2 saturated heterocycles. The maximum absolute atomic E-state index is 13.3. The molecule has 46 heavy (non-hydrogen) atoms. The fourth-order valence-electron chi connectivity index (χ4n) is 5.73. The lowest BCUT2D eigenvalue weighted by molar-refractivity contribution is -0.137. The average Bonchev–Trinajstić information content (AvgIpc) is 3.45. The summed E-state index contributed by atoms with van der Waals surface area (Å²) in [6.45, 7) is 4.34. The first-order chi connectivity index (χ1) is 22.0. The van der Waals surface area contributed by atoms with E-state index in [-0.39, 0.29) is 18.1 Å². The maximum atomic E-state index is 13.3. The average molecular weight is 641 g/mol. The summed E-state index contributed by atoms with van der Waals surface area (Å²) in [6.07, 6.45) is -0.343. The van der Waals surface area contributed by atoms with Crippen LogP contribution in [-0.2, 0) is 21.2 Å². The highest BCUT2D eigenvalue weighted by atomic mass is 19.4. The van der Waals surface area contributed by atoms with E-state index in [1.807, 2.05) is 43.1 Å². The van der Waals surface area contributed by atoms with Crippen LogP contribution in [0, 0.1) is 11.3 Å². The number of piperidine rings is 1. The molecule has 0 saturated carbocycles. The minimum absolute atomic E-state index is 0.0485. The number of anilines is 1. The smallest absolute Gasteiger partial charge is 0.416 e. The Morgan fingerprint density at radius 3 is 2.52 bits per heavy atom. The van der Waals surface area contributed by atoms with Gasteiger partial charge in [0.2, 0.25) is 5.88 Å². The molecule has 2 aliphatic heterocycles. The summed E-state index contributed by atoms with van der Waals surface area (Å²) in [5, 5.41) is 19.6. The summed E-state index contributed by atoms with van der Waals surface area (Å²) >= 11 is 0. The summed E-state index contributed by atoms with van der Waals surface area (Å²) in [7, 11) is 1.97. The number of alkyl halides is 3. The molecule has 3 aromatic rings. The van der Waals surface area contributed by atoms with E-state index in [9.17, 15) is 23.2 Å². The number of ether oxygens (including phenoxy) is 2. The molecule has 0 bridgehead atoms. The molecule has 0 spiro atoms. The molecule has 1 atom stereocenters. The fraction of sp³-hybridized carbons (Fsp3) is 0.406. The molecule has 0 aliphatic carbocycles. The van der Waals surface area contributed by atoms with Gasteiger partial charge in [-0.1, -0.05) is 6.07 Å². The van der Waals surface area contributed by atoms with Crippen LogP contribution in [0.3, 0.4) is 0 Å². The van der Waals surface area contributed by atoms with Gasteiger partial charge in [-0.3, -0.25) is 9.78 Å². The SMILES string of the molecule is CCOc1ncccc1-c1ccc(C2(NC(=O)O[C@H]3CCN(C)C3)CCN(c3ccc(C(F)(F)F)cc3C#N)CC2)cn1.O=CO. The van der Waals surface area contributed by atoms with Crippen molar-refractivity contribution in [3.63, 3.8) is 0 Å². The number of amides is 1. The van der Waals surface area contributed by atoms with E-state index in [1.165, 1.54) is 6.07 Å². The number of aromatic nitrogens is 2. The minimum atomic E-state index is -4.54. The molecule has 2 aromatic heterocycles. The van der Waals surface area contributed by atoms with Gasteiger partial charge in [-0.15, -0.1) is 0 Å². The quantitative estimate of drug-likeness (QED) is 0.337. The Balaban J connectivity index is 0.00000154. The zero-order valence-electron chi connectivity index (χ0n) is 25.5. The fourth-order valence-corrected chi connectivity index (χ4v) is 5.73. The summed E-state index contributed by atoms with van der Waals surface area (Å²) in [5.74, 6) is 0.473. The number of likely N-dealkylation sites (N-methyl/N-ethyl adjacent to an activating group) is 1. The third-order valence-corrected chi connectivity index (χ3v) is 8.01. The van der Waals surface area contributed by atoms with E-state index in [1.54, 1.807) is 18.5 Å². The first kappa shape index (κ1) is 34.0. The second-order valence-corrected chi connectivity index (χ2v) is 10.9. The third-order valence-electron chi connectivity index (χ3n) is 8.01. The molecule has 0 radical (unpaired) electrons. The van der Waals surface area contributed by atoms with Crippen molar-refractivity contribution in [1.82, 2.24) is 20.2 Å². The number of rotatable bonds is 7. The number of carbonyl (C=O) groups excluding carboxylic acids is 1. The van der Waals surface area contributed by atoms with Crippen molar-refractivity contribution in [2.45, 2.75) is 44.0 Å². The molecular formula is C32H35F3N6O5. The molecule has 11 nitrogen and oxygen atoms in total. The van der Waals surface area contributed by atoms with Crippen LogP contribution in [0.4, 0.5) is 23.7 Å². The molecule has 14 heteroatoms. The molecule has 1 aromatic carbocycles. The number of nitriles is 1. The Bertz CT molecular complexity index is 1540. The number of halogens is 3. The van der Waals surface area contributed by atoms with Crippen LogP contribution >= 0.6 is 0 Å². The Hall–Kier alpha value is -4.90. The number of nitrogens with zero attached hydrogens (tertiary/aromatic N) is 5. The van der Waals surface area contributed by atoms with Gasteiger partial charge in [0, 0.05) is 38.6 Å². The second kappa shape index (κ2) is 14.9. The zero-order chi connectivity index (χ0) is 33.3. The molecule has 2 fully saturated rings. The molecule has 4 heterocycles. The van der Waals surface area contributed by atoms with Gasteiger partial charge in [0.15, 0.2) is 0 Å². The van der Waals surface area contributed by atoms with Crippen LogP contribution in [0.25, 0.3) is 11.3 Å². The number of hydrogen-bond donors (Lipinski definition) is 2. The second-order valence-electron chi connectivity index (χ2n) is 10.9. The highest BCUT2D eigenvalue weighted by Crippen LogP contribution is 2.38. The Morgan fingerprint density at radius 2 is 1.93 bits per heavy atom. The summed E-state index contributed by atoms with van der Waals surface area (Å²) in [5.41, 5.74) is 0.832. The van der Waals surface area contributed by atoms with Gasteiger partial charge < -0.3 is 29.7 Å². The number of likely N-dealkylation sites (tertiary alicyclic amines) is 1. The molecule has 2 aliphatic rings. The number of nitrogens with one attached hydrogen (secondary N) is 1. The van der Waals surface area contributed by atoms with Gasteiger partial charge in [-0.05, 0) is 75.2 Å². The van der Waals surface area contributed by atoms with Crippen molar-refractivity contribution in [3.05, 3.63) is 71.5 Å². The number of alkyl carbamates (subject to hydrolysis) is 1. The molecule has 244 valence electrons. The first-order valence-electron chi connectivity index (χ1n) is 14.7. The summed E-state index contributed by atoms with van der Waals surface area (Å²) < 4.78 is 51.2. The number of hydrogen-bond acceptors (Lipinski definition) is 9. The molecule has 2 N–H and O–H groups in total. The number of benzene rings is 1. The lowest BCUT2D eigenvalue weighted by atomic mass is 9.81. The van der Waals surface area contributed by atoms with Gasteiger partial charge in [0.1, 0.15) is 12.2 Å². The predicted molar refractivity (Wildman–Crippen MR) is 162 cm³/mol. The number of carbonyl (C=O) groups is 2. The van der Waals surface area contributed by atoms with Crippen LogP contribution in [0.15, 0.2) is 54.9 Å².